The Morgan fingerprint density at radius 1 is 1.06 bits per heavy atom. The number of sulfone groups is 1. The zero-order valence-electron chi connectivity index (χ0n) is 20.6. The van der Waals surface area contributed by atoms with Crippen LogP contribution in [-0.2, 0) is 16.4 Å². The van der Waals surface area contributed by atoms with Gasteiger partial charge < -0.3 is 4.74 Å². The average molecular weight is 461 g/mol. The molecule has 0 atom stereocenters. The smallest absolute Gasteiger partial charge is 0.223 e. The first kappa shape index (κ1) is 25.8. The Balaban J connectivity index is 2.74. The number of carbonyl (C=O) groups is 1. The number of unbranched alkanes of at least 4 members (excludes halogenated alkanes) is 1. The third-order valence-electron chi connectivity index (χ3n) is 5.68. The number of allylic oxidation sites excluding steroid dienone is 2. The summed E-state index contributed by atoms with van der Waals surface area (Å²) in [6.07, 6.45) is 3.94. The van der Waals surface area contributed by atoms with Crippen LogP contribution in [0.15, 0.2) is 22.6 Å². The van der Waals surface area contributed by atoms with Crippen molar-refractivity contribution in [2.45, 2.75) is 79.2 Å². The minimum atomic E-state index is -3.46. The fraction of sp³-hybridized carbons (Fsp3) is 0.520. The molecule has 0 aliphatic rings. The van der Waals surface area contributed by atoms with Crippen LogP contribution >= 0.6 is 0 Å². The van der Waals surface area contributed by atoms with Crippen molar-refractivity contribution >= 4 is 21.2 Å². The highest BCUT2D eigenvalue weighted by molar-refractivity contribution is 7.90. The van der Waals surface area contributed by atoms with Crippen LogP contribution in [0.1, 0.15) is 86.6 Å². The van der Waals surface area contributed by atoms with Gasteiger partial charge in [0.25, 0.3) is 0 Å². The van der Waals surface area contributed by atoms with Crippen LogP contribution < -0.4 is 4.74 Å². The summed E-state index contributed by atoms with van der Waals surface area (Å²) in [5.41, 5.74) is 4.64. The van der Waals surface area contributed by atoms with Crippen LogP contribution in [-0.4, -0.2) is 36.8 Å². The molecule has 1 aromatic carbocycles. The minimum absolute atomic E-state index is 0.197. The molecule has 0 bridgehead atoms. The van der Waals surface area contributed by atoms with Gasteiger partial charge in [-0.3, -0.25) is 4.79 Å². The highest BCUT2D eigenvalue weighted by atomic mass is 32.2. The van der Waals surface area contributed by atoms with Crippen LogP contribution in [0.4, 0.5) is 0 Å². The highest BCUT2D eigenvalue weighted by Gasteiger charge is 2.28. The summed E-state index contributed by atoms with van der Waals surface area (Å²) in [7, 11) is -3.46. The van der Waals surface area contributed by atoms with E-state index in [9.17, 15) is 13.2 Å². The molecule has 0 spiro atoms. The molecule has 2 aromatic rings. The van der Waals surface area contributed by atoms with Crippen LogP contribution in [0.5, 0.6) is 5.88 Å². The Bertz CT molecular complexity index is 1140. The Morgan fingerprint density at radius 3 is 2.25 bits per heavy atom. The van der Waals surface area contributed by atoms with Gasteiger partial charge in [0.1, 0.15) is 5.56 Å². The third-order valence-corrected chi connectivity index (χ3v) is 6.81. The van der Waals surface area contributed by atoms with Crippen LogP contribution in [0.2, 0.25) is 0 Å². The van der Waals surface area contributed by atoms with Crippen molar-refractivity contribution in [1.82, 2.24) is 9.78 Å². The SMILES string of the molecule is CCCCOc1c(C(=O)c2ccc(S(C)(=O)=O)c(C(C)=C(C)C)c2C)c(C)nn1CCC. The number of aromatic nitrogens is 2. The van der Waals surface area contributed by atoms with Gasteiger partial charge in [-0.1, -0.05) is 25.8 Å². The van der Waals surface area contributed by atoms with Crippen molar-refractivity contribution in [2.24, 2.45) is 0 Å². The molecule has 7 heteroatoms. The number of ether oxygens (including phenoxy) is 1. The molecular formula is C25H36N2O4S. The van der Waals surface area contributed by atoms with Crippen LogP contribution in [0.3, 0.4) is 0 Å². The summed E-state index contributed by atoms with van der Waals surface area (Å²) in [6.45, 7) is 14.7. The molecule has 176 valence electrons. The van der Waals surface area contributed by atoms with E-state index in [4.69, 9.17) is 4.74 Å². The number of aryl methyl sites for hydroxylation is 2. The number of nitrogens with zero attached hydrogens (tertiary/aromatic N) is 2. The lowest BCUT2D eigenvalue weighted by molar-refractivity contribution is 0.103. The summed E-state index contributed by atoms with van der Waals surface area (Å²) in [5.74, 6) is 0.298. The molecule has 0 saturated heterocycles. The predicted molar refractivity (Wildman–Crippen MR) is 129 cm³/mol. The molecule has 0 aliphatic carbocycles. The number of rotatable bonds is 10. The van der Waals surface area contributed by atoms with Crippen molar-refractivity contribution in [3.05, 3.63) is 45.7 Å². The summed E-state index contributed by atoms with van der Waals surface area (Å²) >= 11 is 0. The molecule has 0 amide bonds. The first-order valence-electron chi connectivity index (χ1n) is 11.2. The number of ketones is 1. The fourth-order valence-corrected chi connectivity index (χ4v) is 4.73. The van der Waals surface area contributed by atoms with E-state index in [1.54, 1.807) is 16.8 Å². The second-order valence-electron chi connectivity index (χ2n) is 8.53. The van der Waals surface area contributed by atoms with Gasteiger partial charge in [0.2, 0.25) is 11.7 Å². The first-order chi connectivity index (χ1) is 14.9. The minimum Gasteiger partial charge on any atom is -0.477 e. The van der Waals surface area contributed by atoms with Gasteiger partial charge in [-0.05, 0) is 76.3 Å². The van der Waals surface area contributed by atoms with Gasteiger partial charge in [-0.25, -0.2) is 13.1 Å². The van der Waals surface area contributed by atoms with E-state index in [0.29, 0.717) is 47.0 Å². The largest absolute Gasteiger partial charge is 0.477 e. The molecule has 32 heavy (non-hydrogen) atoms. The number of carbonyl (C=O) groups excluding carboxylic acids is 1. The van der Waals surface area contributed by atoms with Crippen molar-refractivity contribution < 1.29 is 17.9 Å². The monoisotopic (exact) mass is 460 g/mol. The summed E-state index contributed by atoms with van der Waals surface area (Å²) in [5, 5.41) is 4.56. The molecule has 0 unspecified atom stereocenters. The van der Waals surface area contributed by atoms with Crippen molar-refractivity contribution in [2.75, 3.05) is 12.9 Å². The normalized spacial score (nSPS) is 11.5. The highest BCUT2D eigenvalue weighted by Crippen LogP contribution is 2.34. The van der Waals surface area contributed by atoms with Gasteiger partial charge in [0, 0.05) is 18.4 Å². The molecule has 0 aliphatic heterocycles. The first-order valence-corrected chi connectivity index (χ1v) is 13.1. The molecule has 2 rings (SSSR count). The van der Waals surface area contributed by atoms with Gasteiger partial charge in [0.05, 0.1) is 17.2 Å². The van der Waals surface area contributed by atoms with E-state index in [1.807, 2.05) is 34.6 Å². The second-order valence-corrected chi connectivity index (χ2v) is 10.5. The molecule has 1 heterocycles. The Morgan fingerprint density at radius 2 is 1.72 bits per heavy atom. The van der Waals surface area contributed by atoms with Gasteiger partial charge in [-0.15, -0.1) is 0 Å². The molecular weight excluding hydrogens is 424 g/mol. The molecule has 6 nitrogen and oxygen atoms in total. The van der Waals surface area contributed by atoms with E-state index >= 15 is 0 Å². The standard InChI is InChI=1S/C25H36N2O4S/c1-9-11-15-31-25-23(19(7)26-27(25)14-10-2)24(28)20-12-13-21(32(8,29)30)22(18(20)6)17(5)16(3)4/h12-13H,9-11,14-15H2,1-8H3. The summed E-state index contributed by atoms with van der Waals surface area (Å²) in [4.78, 5) is 14.0. The van der Waals surface area contributed by atoms with Crippen molar-refractivity contribution in [3.8, 4) is 5.88 Å². The van der Waals surface area contributed by atoms with Gasteiger partial charge >= 0.3 is 0 Å². The molecule has 0 saturated carbocycles. The molecule has 1 aromatic heterocycles. The summed E-state index contributed by atoms with van der Waals surface area (Å²) in [6, 6.07) is 3.16. The summed E-state index contributed by atoms with van der Waals surface area (Å²) < 4.78 is 32.7. The van der Waals surface area contributed by atoms with Crippen LogP contribution in [0, 0.1) is 13.8 Å². The van der Waals surface area contributed by atoms with E-state index in [1.165, 1.54) is 6.26 Å². The van der Waals surface area contributed by atoms with E-state index in [-0.39, 0.29) is 10.7 Å². The Kier molecular flexibility index (Phi) is 8.46. The second kappa shape index (κ2) is 10.5. The van der Waals surface area contributed by atoms with Crippen molar-refractivity contribution in [1.29, 1.82) is 0 Å². The maximum atomic E-state index is 13.8. The van der Waals surface area contributed by atoms with Gasteiger partial charge in [0.15, 0.2) is 9.84 Å². The maximum Gasteiger partial charge on any atom is 0.223 e. The predicted octanol–water partition coefficient (Wildman–Crippen LogP) is 5.54. The Labute approximate surface area is 192 Å². The molecule has 0 radical (unpaired) electrons. The zero-order valence-corrected chi connectivity index (χ0v) is 21.4. The maximum absolute atomic E-state index is 13.8. The van der Waals surface area contributed by atoms with E-state index in [0.717, 1.165) is 30.4 Å². The zero-order chi connectivity index (χ0) is 24.2. The fourth-order valence-electron chi connectivity index (χ4n) is 3.74. The van der Waals surface area contributed by atoms with Crippen molar-refractivity contribution in [3.63, 3.8) is 0 Å². The van der Waals surface area contributed by atoms with Crippen LogP contribution in [0.25, 0.3) is 5.57 Å². The molecule has 0 fully saturated rings. The number of hydrogen-bond donors (Lipinski definition) is 0. The number of benzene rings is 1. The number of hydrogen-bond acceptors (Lipinski definition) is 5. The Hall–Kier alpha value is -2.41. The van der Waals surface area contributed by atoms with E-state index in [2.05, 4.69) is 18.9 Å². The quantitative estimate of drug-likeness (QED) is 0.344. The van der Waals surface area contributed by atoms with E-state index < -0.39 is 9.84 Å². The lowest BCUT2D eigenvalue weighted by atomic mass is 9.91. The topological polar surface area (TPSA) is 78.3 Å². The molecule has 0 N–H and O–H groups in total. The third kappa shape index (κ3) is 5.31. The average Bonchev–Trinajstić information content (AvgIpc) is 3.01. The van der Waals surface area contributed by atoms with Gasteiger partial charge in [-0.2, -0.15) is 5.10 Å². The lowest BCUT2D eigenvalue weighted by Gasteiger charge is -2.17. The lowest BCUT2D eigenvalue weighted by Crippen LogP contribution is -2.13.